The molecule has 1 aliphatic rings. The molecule has 2 aromatic carbocycles. The Kier molecular flexibility index (Phi) is 3.80. The predicted molar refractivity (Wildman–Crippen MR) is 93.7 cm³/mol. The normalized spacial score (nSPS) is 17.4. The van der Waals surface area contributed by atoms with Crippen molar-refractivity contribution in [3.63, 3.8) is 0 Å². The zero-order valence-corrected chi connectivity index (χ0v) is 13.2. The van der Waals surface area contributed by atoms with E-state index >= 15 is 0 Å². The molecule has 0 amide bonds. The van der Waals surface area contributed by atoms with Gasteiger partial charge in [0.2, 0.25) is 0 Å². The van der Waals surface area contributed by atoms with Crippen molar-refractivity contribution < 1.29 is 5.11 Å². The molecule has 0 aliphatic carbocycles. The van der Waals surface area contributed by atoms with Gasteiger partial charge in [0.05, 0.1) is 6.04 Å². The minimum Gasteiger partial charge on any atom is -0.508 e. The molecule has 1 fully saturated rings. The van der Waals surface area contributed by atoms with Gasteiger partial charge in [0, 0.05) is 17.1 Å². The lowest BCUT2D eigenvalue weighted by molar-refractivity contribution is 0.188. The Morgan fingerprint density at radius 1 is 0.913 bits per heavy atom. The molecule has 0 radical (unpaired) electrons. The van der Waals surface area contributed by atoms with Crippen LogP contribution in [0.15, 0.2) is 54.7 Å². The van der Waals surface area contributed by atoms with Gasteiger partial charge in [-0.1, -0.05) is 36.8 Å². The lowest BCUT2D eigenvalue weighted by atomic mass is 9.94. The fourth-order valence-electron chi connectivity index (χ4n) is 3.74. The monoisotopic (exact) mass is 306 g/mol. The van der Waals surface area contributed by atoms with Gasteiger partial charge in [-0.25, -0.2) is 0 Å². The molecule has 0 spiro atoms. The summed E-state index contributed by atoms with van der Waals surface area (Å²) >= 11 is 0. The summed E-state index contributed by atoms with van der Waals surface area (Å²) in [6.07, 6.45) is 6.00. The van der Waals surface area contributed by atoms with Crippen LogP contribution in [0.5, 0.6) is 5.75 Å². The lowest BCUT2D eigenvalue weighted by Crippen LogP contribution is -2.34. The molecule has 2 N–H and O–H groups in total. The van der Waals surface area contributed by atoms with E-state index < -0.39 is 0 Å². The molecule has 23 heavy (non-hydrogen) atoms. The third kappa shape index (κ3) is 2.73. The van der Waals surface area contributed by atoms with Crippen molar-refractivity contribution in [1.29, 1.82) is 0 Å². The molecule has 3 aromatic rings. The van der Waals surface area contributed by atoms with Crippen molar-refractivity contribution in [2.45, 2.75) is 25.3 Å². The Balaban J connectivity index is 1.82. The van der Waals surface area contributed by atoms with E-state index in [0.717, 1.165) is 13.1 Å². The van der Waals surface area contributed by atoms with Gasteiger partial charge in [0.25, 0.3) is 0 Å². The van der Waals surface area contributed by atoms with Crippen LogP contribution in [-0.4, -0.2) is 28.1 Å². The number of phenolic OH excluding ortho intramolecular Hbond substituents is 1. The second-order valence-corrected chi connectivity index (χ2v) is 6.38. The number of H-pyrrole nitrogens is 1. The summed E-state index contributed by atoms with van der Waals surface area (Å²) in [5, 5.41) is 10.9. The van der Waals surface area contributed by atoms with E-state index in [4.69, 9.17) is 0 Å². The van der Waals surface area contributed by atoms with Gasteiger partial charge in [0.15, 0.2) is 0 Å². The Labute approximate surface area is 136 Å². The number of rotatable bonds is 3. The highest BCUT2D eigenvalue weighted by molar-refractivity contribution is 5.84. The van der Waals surface area contributed by atoms with Crippen LogP contribution in [0.4, 0.5) is 0 Å². The molecule has 1 saturated heterocycles. The molecule has 3 nitrogen and oxygen atoms in total. The summed E-state index contributed by atoms with van der Waals surface area (Å²) in [7, 11) is 0. The van der Waals surface area contributed by atoms with E-state index in [9.17, 15) is 5.11 Å². The van der Waals surface area contributed by atoms with Gasteiger partial charge in [-0.05, 0) is 55.3 Å². The number of piperidine rings is 1. The summed E-state index contributed by atoms with van der Waals surface area (Å²) in [6, 6.07) is 16.4. The summed E-state index contributed by atoms with van der Waals surface area (Å²) < 4.78 is 0. The van der Waals surface area contributed by atoms with E-state index in [1.807, 2.05) is 0 Å². The molecule has 1 aromatic heterocycles. The first-order valence-electron chi connectivity index (χ1n) is 8.42. The van der Waals surface area contributed by atoms with Gasteiger partial charge in [-0.2, -0.15) is 0 Å². The quantitative estimate of drug-likeness (QED) is 0.750. The summed E-state index contributed by atoms with van der Waals surface area (Å²) in [6.45, 7) is 2.26. The maximum Gasteiger partial charge on any atom is 0.115 e. The number of aromatic amines is 1. The third-order valence-corrected chi connectivity index (χ3v) is 4.88. The number of hydrogen-bond donors (Lipinski definition) is 2. The summed E-state index contributed by atoms with van der Waals surface area (Å²) in [5.74, 6) is 0.324. The number of nitrogens with one attached hydrogen (secondary N) is 1. The standard InChI is InChI=1S/C20H22N2O/c23-16-10-8-15(9-11-16)20(22-12-4-1-5-13-22)18-14-21-19-7-3-2-6-17(18)19/h2-3,6-11,14,20-21,23H,1,4-5,12-13H2. The van der Waals surface area contributed by atoms with Crippen LogP contribution in [0.25, 0.3) is 10.9 Å². The molecule has 0 bridgehead atoms. The fourth-order valence-corrected chi connectivity index (χ4v) is 3.74. The minimum absolute atomic E-state index is 0.243. The van der Waals surface area contributed by atoms with Gasteiger partial charge < -0.3 is 10.1 Å². The summed E-state index contributed by atoms with van der Waals surface area (Å²) in [5.41, 5.74) is 3.76. The van der Waals surface area contributed by atoms with E-state index in [0.29, 0.717) is 5.75 Å². The van der Waals surface area contributed by atoms with Crippen molar-refractivity contribution in [3.05, 3.63) is 65.9 Å². The van der Waals surface area contributed by atoms with Gasteiger partial charge in [-0.3, -0.25) is 4.90 Å². The second-order valence-electron chi connectivity index (χ2n) is 6.38. The lowest BCUT2D eigenvalue weighted by Gasteiger charge is -2.35. The number of hydrogen-bond acceptors (Lipinski definition) is 2. The van der Waals surface area contributed by atoms with E-state index in [-0.39, 0.29) is 6.04 Å². The zero-order chi connectivity index (χ0) is 15.6. The van der Waals surface area contributed by atoms with Crippen molar-refractivity contribution >= 4 is 10.9 Å². The largest absolute Gasteiger partial charge is 0.508 e. The summed E-state index contributed by atoms with van der Waals surface area (Å²) in [4.78, 5) is 5.99. The average molecular weight is 306 g/mol. The van der Waals surface area contributed by atoms with Crippen LogP contribution in [0, 0.1) is 0 Å². The van der Waals surface area contributed by atoms with Crippen LogP contribution in [-0.2, 0) is 0 Å². The molecule has 2 heterocycles. The topological polar surface area (TPSA) is 39.3 Å². The molecule has 4 rings (SSSR count). The Morgan fingerprint density at radius 2 is 1.65 bits per heavy atom. The van der Waals surface area contributed by atoms with Crippen LogP contribution < -0.4 is 0 Å². The number of benzene rings is 2. The first kappa shape index (κ1) is 14.3. The molecule has 0 saturated carbocycles. The van der Waals surface area contributed by atoms with E-state index in [1.165, 1.54) is 41.3 Å². The maximum absolute atomic E-state index is 9.63. The highest BCUT2D eigenvalue weighted by atomic mass is 16.3. The number of para-hydroxylation sites is 1. The maximum atomic E-state index is 9.63. The first-order valence-corrected chi connectivity index (χ1v) is 8.42. The number of likely N-dealkylation sites (tertiary alicyclic amines) is 1. The van der Waals surface area contributed by atoms with E-state index in [2.05, 4.69) is 52.5 Å². The van der Waals surface area contributed by atoms with Crippen LogP contribution in [0.1, 0.15) is 36.4 Å². The zero-order valence-electron chi connectivity index (χ0n) is 13.2. The molecule has 3 heteroatoms. The van der Waals surface area contributed by atoms with Crippen LogP contribution in [0.3, 0.4) is 0 Å². The predicted octanol–water partition coefficient (Wildman–Crippen LogP) is 4.45. The third-order valence-electron chi connectivity index (χ3n) is 4.88. The molecule has 1 unspecified atom stereocenters. The number of nitrogens with zero attached hydrogens (tertiary/aromatic N) is 1. The fraction of sp³-hybridized carbons (Fsp3) is 0.300. The number of phenols is 1. The van der Waals surface area contributed by atoms with Gasteiger partial charge in [-0.15, -0.1) is 0 Å². The van der Waals surface area contributed by atoms with Crippen LogP contribution in [0.2, 0.25) is 0 Å². The van der Waals surface area contributed by atoms with Crippen molar-refractivity contribution in [1.82, 2.24) is 9.88 Å². The van der Waals surface area contributed by atoms with Crippen molar-refractivity contribution in [2.24, 2.45) is 0 Å². The number of fused-ring (bicyclic) bond motifs is 1. The molecule has 1 aliphatic heterocycles. The Hall–Kier alpha value is -2.26. The number of aromatic hydroxyl groups is 1. The molecule has 118 valence electrons. The van der Waals surface area contributed by atoms with Crippen molar-refractivity contribution in [2.75, 3.05) is 13.1 Å². The highest BCUT2D eigenvalue weighted by Crippen LogP contribution is 2.35. The average Bonchev–Trinajstić information content (AvgIpc) is 3.02. The highest BCUT2D eigenvalue weighted by Gasteiger charge is 2.26. The van der Waals surface area contributed by atoms with E-state index in [1.54, 1.807) is 12.1 Å². The minimum atomic E-state index is 0.243. The smallest absolute Gasteiger partial charge is 0.115 e. The molecular formula is C20H22N2O. The first-order chi connectivity index (χ1) is 11.3. The number of aromatic nitrogens is 1. The van der Waals surface area contributed by atoms with Gasteiger partial charge in [0.1, 0.15) is 5.75 Å². The Morgan fingerprint density at radius 3 is 2.43 bits per heavy atom. The van der Waals surface area contributed by atoms with Crippen molar-refractivity contribution in [3.8, 4) is 5.75 Å². The Bertz CT molecular complexity index is 785. The SMILES string of the molecule is Oc1ccc(C(c2c[nH]c3ccccc23)N2CCCCC2)cc1. The van der Waals surface area contributed by atoms with Gasteiger partial charge >= 0.3 is 0 Å². The molecular weight excluding hydrogens is 284 g/mol. The second kappa shape index (κ2) is 6.09. The molecule has 1 atom stereocenters. The van der Waals surface area contributed by atoms with Crippen LogP contribution >= 0.6 is 0 Å².